The molecule has 0 aromatic carbocycles. The van der Waals surface area contributed by atoms with Crippen molar-refractivity contribution in [1.29, 1.82) is 0 Å². The van der Waals surface area contributed by atoms with E-state index in [0.29, 0.717) is 20.6 Å². The highest BCUT2D eigenvalue weighted by Crippen LogP contribution is 2.42. The lowest BCUT2D eigenvalue weighted by Gasteiger charge is -2.17. The van der Waals surface area contributed by atoms with Crippen LogP contribution in [0.1, 0.15) is 27.2 Å². The summed E-state index contributed by atoms with van der Waals surface area (Å²) in [6.07, 6.45) is 7.29. The summed E-state index contributed by atoms with van der Waals surface area (Å²) in [6, 6.07) is 0. The number of thiocarbonyl (C=S) groups is 1. The SMILES string of the molecule is Cn1cc(Oc2sc(C=O)c3c2C(=S)C(=CN)CC3)cn1. The molecular formula is C14H13N3O2S2. The Balaban J connectivity index is 2.07. The number of ether oxygens (including phenoxy) is 1. The van der Waals surface area contributed by atoms with Gasteiger partial charge in [0.05, 0.1) is 27.7 Å². The Kier molecular flexibility index (Phi) is 3.60. The van der Waals surface area contributed by atoms with Gasteiger partial charge in [-0.1, -0.05) is 23.6 Å². The summed E-state index contributed by atoms with van der Waals surface area (Å²) in [5, 5.41) is 4.69. The molecule has 1 aliphatic rings. The summed E-state index contributed by atoms with van der Waals surface area (Å²) in [7, 11) is 1.81. The van der Waals surface area contributed by atoms with E-state index in [0.717, 1.165) is 35.8 Å². The number of fused-ring (bicyclic) bond motifs is 1. The van der Waals surface area contributed by atoms with E-state index < -0.39 is 0 Å². The maximum atomic E-state index is 11.3. The molecule has 0 atom stereocenters. The van der Waals surface area contributed by atoms with E-state index in [4.69, 9.17) is 22.7 Å². The first kappa shape index (κ1) is 14.0. The number of aryl methyl sites for hydroxylation is 1. The average Bonchev–Trinajstić information content (AvgIpc) is 3.04. The predicted octanol–water partition coefficient (Wildman–Crippen LogP) is 2.59. The summed E-state index contributed by atoms with van der Waals surface area (Å²) in [5.74, 6) is 0.616. The fourth-order valence-corrected chi connectivity index (χ4v) is 3.85. The zero-order valence-electron chi connectivity index (χ0n) is 11.3. The number of nitrogens with zero attached hydrogens (tertiary/aromatic N) is 2. The van der Waals surface area contributed by atoms with Crippen molar-refractivity contribution in [3.63, 3.8) is 0 Å². The summed E-state index contributed by atoms with van der Waals surface area (Å²) < 4.78 is 7.52. The van der Waals surface area contributed by atoms with Gasteiger partial charge in [-0.25, -0.2) is 0 Å². The van der Waals surface area contributed by atoms with Crippen LogP contribution in [0.25, 0.3) is 0 Å². The second kappa shape index (κ2) is 5.42. The summed E-state index contributed by atoms with van der Waals surface area (Å²) in [6.45, 7) is 0. The number of aromatic nitrogens is 2. The first-order valence-corrected chi connectivity index (χ1v) is 7.59. The van der Waals surface area contributed by atoms with E-state index >= 15 is 0 Å². The molecule has 0 spiro atoms. The van der Waals surface area contributed by atoms with Gasteiger partial charge in [-0.05, 0) is 30.2 Å². The Morgan fingerprint density at radius 3 is 2.95 bits per heavy atom. The number of allylic oxidation sites excluding steroid dienone is 1. The van der Waals surface area contributed by atoms with Crippen LogP contribution in [0, 0.1) is 0 Å². The smallest absolute Gasteiger partial charge is 0.190 e. The molecule has 7 heteroatoms. The number of hydrogen-bond acceptors (Lipinski definition) is 6. The first-order chi connectivity index (χ1) is 10.1. The number of carbonyl (C=O) groups excluding carboxylic acids is 1. The van der Waals surface area contributed by atoms with Crippen molar-refractivity contribution in [3.8, 4) is 10.8 Å². The van der Waals surface area contributed by atoms with Crippen LogP contribution < -0.4 is 10.5 Å². The highest BCUT2D eigenvalue weighted by molar-refractivity contribution is 7.81. The summed E-state index contributed by atoms with van der Waals surface area (Å²) in [4.78, 5) is 12.6. The molecule has 0 amide bonds. The highest BCUT2D eigenvalue weighted by atomic mass is 32.1. The van der Waals surface area contributed by atoms with Crippen molar-refractivity contribution in [1.82, 2.24) is 9.78 Å². The number of thiophene rings is 1. The lowest BCUT2D eigenvalue weighted by atomic mass is 9.89. The minimum atomic E-state index is 0.616. The van der Waals surface area contributed by atoms with E-state index in [9.17, 15) is 4.79 Å². The number of hydrogen-bond donors (Lipinski definition) is 1. The van der Waals surface area contributed by atoms with Crippen LogP contribution in [0.2, 0.25) is 0 Å². The normalized spacial score (nSPS) is 16.0. The third kappa shape index (κ3) is 2.38. The molecule has 2 N–H and O–H groups in total. The third-order valence-corrected chi connectivity index (χ3v) is 4.87. The molecule has 1 aliphatic carbocycles. The van der Waals surface area contributed by atoms with Crippen LogP contribution in [0.4, 0.5) is 0 Å². The van der Waals surface area contributed by atoms with Crippen LogP contribution in [0.15, 0.2) is 24.2 Å². The van der Waals surface area contributed by atoms with Crippen molar-refractivity contribution in [2.45, 2.75) is 12.8 Å². The van der Waals surface area contributed by atoms with Gasteiger partial charge in [0.2, 0.25) is 0 Å². The number of rotatable bonds is 3. The molecule has 3 rings (SSSR count). The summed E-state index contributed by atoms with van der Waals surface area (Å²) in [5.41, 5.74) is 8.33. The predicted molar refractivity (Wildman–Crippen MR) is 85.3 cm³/mol. The molecule has 0 aliphatic heterocycles. The van der Waals surface area contributed by atoms with Crippen LogP contribution in [0.5, 0.6) is 10.8 Å². The maximum Gasteiger partial charge on any atom is 0.190 e. The van der Waals surface area contributed by atoms with Crippen LogP contribution in [-0.2, 0) is 13.5 Å². The molecule has 5 nitrogen and oxygen atoms in total. The molecule has 0 saturated carbocycles. The second-order valence-electron chi connectivity index (χ2n) is 4.70. The van der Waals surface area contributed by atoms with Gasteiger partial charge in [-0.3, -0.25) is 9.48 Å². The van der Waals surface area contributed by atoms with Gasteiger partial charge in [-0.15, -0.1) is 0 Å². The highest BCUT2D eigenvalue weighted by Gasteiger charge is 2.28. The molecule has 0 bridgehead atoms. The van der Waals surface area contributed by atoms with E-state index in [1.165, 1.54) is 17.5 Å². The molecule has 0 radical (unpaired) electrons. The summed E-state index contributed by atoms with van der Waals surface area (Å²) >= 11 is 6.81. The van der Waals surface area contributed by atoms with Crippen LogP contribution >= 0.6 is 23.6 Å². The van der Waals surface area contributed by atoms with Crippen molar-refractivity contribution in [2.75, 3.05) is 0 Å². The third-order valence-electron chi connectivity index (χ3n) is 3.37. The molecule has 0 fully saturated rings. The van der Waals surface area contributed by atoms with Gasteiger partial charge in [0.15, 0.2) is 17.1 Å². The van der Waals surface area contributed by atoms with Gasteiger partial charge in [-0.2, -0.15) is 5.10 Å². The minimum Gasteiger partial charge on any atom is -0.443 e. The number of nitrogens with two attached hydrogens (primary N) is 1. The standard InChI is InChI=1S/C14H13N3O2S2/c1-17-6-9(5-16-17)19-14-12-10(11(7-18)21-14)3-2-8(4-15)13(12)20/h4-7H,2-3,15H2,1H3. The van der Waals surface area contributed by atoms with E-state index in [1.54, 1.807) is 17.1 Å². The molecular weight excluding hydrogens is 306 g/mol. The lowest BCUT2D eigenvalue weighted by Crippen LogP contribution is -2.14. The fraction of sp³-hybridized carbons (Fsp3) is 0.214. The van der Waals surface area contributed by atoms with Crippen LogP contribution in [0.3, 0.4) is 0 Å². The molecule has 2 aromatic rings. The first-order valence-electron chi connectivity index (χ1n) is 6.37. The monoisotopic (exact) mass is 319 g/mol. The minimum absolute atomic E-state index is 0.616. The molecule has 2 aromatic heterocycles. The molecule has 2 heterocycles. The van der Waals surface area contributed by atoms with Gasteiger partial charge in [0.1, 0.15) is 0 Å². The molecule has 0 saturated heterocycles. The van der Waals surface area contributed by atoms with E-state index in [1.807, 2.05) is 7.05 Å². The van der Waals surface area contributed by atoms with Gasteiger partial charge < -0.3 is 10.5 Å². The number of aldehydes is 1. The fourth-order valence-electron chi connectivity index (χ4n) is 2.36. The Hall–Kier alpha value is -1.99. The Bertz CT molecular complexity index is 758. The maximum absolute atomic E-state index is 11.3. The Morgan fingerprint density at radius 1 is 1.52 bits per heavy atom. The molecule has 21 heavy (non-hydrogen) atoms. The number of carbonyl (C=O) groups is 1. The van der Waals surface area contributed by atoms with Crippen molar-refractivity contribution in [3.05, 3.63) is 40.2 Å². The molecule has 0 unspecified atom stereocenters. The van der Waals surface area contributed by atoms with E-state index in [-0.39, 0.29) is 0 Å². The second-order valence-corrected chi connectivity index (χ2v) is 6.12. The topological polar surface area (TPSA) is 70.1 Å². The zero-order chi connectivity index (χ0) is 15.0. The Morgan fingerprint density at radius 2 is 2.33 bits per heavy atom. The van der Waals surface area contributed by atoms with Gasteiger partial charge in [0.25, 0.3) is 0 Å². The van der Waals surface area contributed by atoms with Gasteiger partial charge >= 0.3 is 0 Å². The largest absolute Gasteiger partial charge is 0.443 e. The van der Waals surface area contributed by atoms with Gasteiger partial charge in [0, 0.05) is 7.05 Å². The Labute approximate surface area is 131 Å². The lowest BCUT2D eigenvalue weighted by molar-refractivity contribution is 0.112. The van der Waals surface area contributed by atoms with Crippen molar-refractivity contribution < 1.29 is 9.53 Å². The molecule has 108 valence electrons. The average molecular weight is 319 g/mol. The quantitative estimate of drug-likeness (QED) is 0.535. The van der Waals surface area contributed by atoms with Crippen LogP contribution in [-0.4, -0.2) is 20.9 Å². The van der Waals surface area contributed by atoms with E-state index in [2.05, 4.69) is 5.10 Å². The van der Waals surface area contributed by atoms with Crippen molar-refractivity contribution in [2.24, 2.45) is 12.8 Å². The van der Waals surface area contributed by atoms with Crippen molar-refractivity contribution >= 4 is 34.7 Å². The zero-order valence-corrected chi connectivity index (χ0v) is 13.0.